The molecule has 1 aromatic heterocycles. The summed E-state index contributed by atoms with van der Waals surface area (Å²) in [6.45, 7) is 2.14. The predicted molar refractivity (Wildman–Crippen MR) is 79.4 cm³/mol. The zero-order valence-electron chi connectivity index (χ0n) is 10.8. The maximum atomic E-state index is 12.7. The molecule has 0 bridgehead atoms. The minimum atomic E-state index is -3.62. The molecule has 2 heterocycles. The van der Waals surface area contributed by atoms with Crippen molar-refractivity contribution in [2.45, 2.75) is 16.8 Å². The lowest BCUT2D eigenvalue weighted by Gasteiger charge is -2.29. The van der Waals surface area contributed by atoms with Crippen molar-refractivity contribution in [3.8, 4) is 0 Å². The molecule has 1 aliphatic heterocycles. The maximum Gasteiger partial charge on any atom is 0.281 e. The maximum absolute atomic E-state index is 12.7. The topological polar surface area (TPSA) is 92.1 Å². The number of sulfonamides is 1. The molecule has 0 spiro atoms. The average molecular weight is 310 g/mol. The summed E-state index contributed by atoms with van der Waals surface area (Å²) in [5, 5.41) is 0.107. The highest BCUT2D eigenvalue weighted by Crippen LogP contribution is 2.38. The van der Waals surface area contributed by atoms with Crippen LogP contribution in [0.2, 0.25) is 0 Å². The van der Waals surface area contributed by atoms with E-state index >= 15 is 0 Å². The van der Waals surface area contributed by atoms with Crippen molar-refractivity contribution in [2.24, 2.45) is 0 Å². The van der Waals surface area contributed by atoms with Crippen molar-refractivity contribution in [2.75, 3.05) is 22.3 Å². The highest BCUT2D eigenvalue weighted by Gasteiger charge is 2.30. The molecule has 3 N–H and O–H groups in total. The minimum absolute atomic E-state index is 0.107. The Hall–Kier alpha value is -1.67. The van der Waals surface area contributed by atoms with Gasteiger partial charge >= 0.3 is 0 Å². The molecule has 0 unspecified atom stereocenters. The summed E-state index contributed by atoms with van der Waals surface area (Å²) in [6.07, 6.45) is 1.35. The van der Waals surface area contributed by atoms with Crippen molar-refractivity contribution >= 4 is 33.2 Å². The van der Waals surface area contributed by atoms with Crippen LogP contribution in [-0.2, 0) is 10.0 Å². The zero-order valence-corrected chi connectivity index (χ0v) is 12.5. The standard InChI is InChI=1S/C12H14N4O2S2/c1-8-14-7-12(15-8)20(17,18)16-4-5-19-11-3-2-9(13)6-10(11)16/h2-3,6-7H,4-5,13H2,1H3,(H,14,15). The Bertz CT molecular complexity index is 755. The number of anilines is 2. The number of aromatic amines is 1. The number of hydrogen-bond acceptors (Lipinski definition) is 5. The van der Waals surface area contributed by atoms with E-state index in [0.29, 0.717) is 29.5 Å². The van der Waals surface area contributed by atoms with E-state index in [4.69, 9.17) is 5.73 Å². The SMILES string of the molecule is Cc1ncc(S(=O)(=O)N2CCSc3ccc(N)cc32)[nH]1. The fraction of sp³-hybridized carbons (Fsp3) is 0.250. The molecule has 0 saturated heterocycles. The third-order valence-corrected chi connectivity index (χ3v) is 5.82. The molecule has 6 nitrogen and oxygen atoms in total. The van der Waals surface area contributed by atoms with Crippen LogP contribution < -0.4 is 10.0 Å². The molecule has 0 fully saturated rings. The molecule has 0 amide bonds. The fourth-order valence-corrected chi connectivity index (χ4v) is 4.70. The first kappa shape index (κ1) is 13.3. The molecule has 0 aliphatic carbocycles. The molecule has 1 aliphatic rings. The van der Waals surface area contributed by atoms with Crippen molar-refractivity contribution in [3.05, 3.63) is 30.2 Å². The van der Waals surface area contributed by atoms with Gasteiger partial charge in [-0.05, 0) is 25.1 Å². The third-order valence-electron chi connectivity index (χ3n) is 3.05. The molecular weight excluding hydrogens is 296 g/mol. The van der Waals surface area contributed by atoms with Crippen LogP contribution in [0.3, 0.4) is 0 Å². The van der Waals surface area contributed by atoms with Crippen LogP contribution in [0.15, 0.2) is 34.3 Å². The Morgan fingerprint density at radius 3 is 2.95 bits per heavy atom. The van der Waals surface area contributed by atoms with Crippen LogP contribution in [0.4, 0.5) is 11.4 Å². The Labute approximate surface area is 121 Å². The van der Waals surface area contributed by atoms with Gasteiger partial charge in [-0.2, -0.15) is 8.42 Å². The van der Waals surface area contributed by atoms with Gasteiger partial charge in [0.05, 0.1) is 11.9 Å². The molecule has 20 heavy (non-hydrogen) atoms. The van der Waals surface area contributed by atoms with E-state index in [9.17, 15) is 8.42 Å². The molecule has 106 valence electrons. The lowest BCUT2D eigenvalue weighted by atomic mass is 10.3. The summed E-state index contributed by atoms with van der Waals surface area (Å²) in [4.78, 5) is 7.66. The second-order valence-electron chi connectivity index (χ2n) is 4.49. The van der Waals surface area contributed by atoms with Crippen molar-refractivity contribution in [1.82, 2.24) is 9.97 Å². The van der Waals surface area contributed by atoms with Crippen LogP contribution >= 0.6 is 11.8 Å². The first-order valence-electron chi connectivity index (χ1n) is 6.05. The van der Waals surface area contributed by atoms with Gasteiger partial charge < -0.3 is 10.7 Å². The number of nitrogens with zero attached hydrogens (tertiary/aromatic N) is 2. The van der Waals surface area contributed by atoms with E-state index in [2.05, 4.69) is 9.97 Å². The molecular formula is C12H14N4O2S2. The van der Waals surface area contributed by atoms with Gasteiger partial charge in [0.2, 0.25) is 0 Å². The van der Waals surface area contributed by atoms with Crippen LogP contribution in [0.1, 0.15) is 5.82 Å². The molecule has 1 aromatic carbocycles. The van der Waals surface area contributed by atoms with E-state index < -0.39 is 10.0 Å². The van der Waals surface area contributed by atoms with Crippen molar-refractivity contribution in [1.29, 1.82) is 0 Å². The molecule has 8 heteroatoms. The van der Waals surface area contributed by atoms with Gasteiger partial charge in [0.15, 0.2) is 5.03 Å². The molecule has 2 aromatic rings. The molecule has 3 rings (SSSR count). The van der Waals surface area contributed by atoms with Crippen LogP contribution in [-0.4, -0.2) is 30.7 Å². The number of aryl methyl sites for hydroxylation is 1. The Morgan fingerprint density at radius 1 is 1.45 bits per heavy atom. The van der Waals surface area contributed by atoms with Crippen molar-refractivity contribution in [3.63, 3.8) is 0 Å². The van der Waals surface area contributed by atoms with E-state index in [0.717, 1.165) is 4.90 Å². The van der Waals surface area contributed by atoms with Gasteiger partial charge in [-0.3, -0.25) is 4.31 Å². The summed E-state index contributed by atoms with van der Waals surface area (Å²) >= 11 is 1.63. The Balaban J connectivity index is 2.10. The normalized spacial score (nSPS) is 15.2. The number of benzene rings is 1. The number of aromatic nitrogens is 2. The fourth-order valence-electron chi connectivity index (χ4n) is 2.11. The summed E-state index contributed by atoms with van der Waals surface area (Å²) < 4.78 is 26.7. The smallest absolute Gasteiger partial charge is 0.281 e. The van der Waals surface area contributed by atoms with Gasteiger partial charge in [0, 0.05) is 22.9 Å². The number of thioether (sulfide) groups is 1. The monoisotopic (exact) mass is 310 g/mol. The lowest BCUT2D eigenvalue weighted by molar-refractivity contribution is 0.588. The van der Waals surface area contributed by atoms with Gasteiger partial charge in [0.1, 0.15) is 5.82 Å². The summed E-state index contributed by atoms with van der Waals surface area (Å²) in [5.74, 6) is 1.28. The largest absolute Gasteiger partial charge is 0.399 e. The zero-order chi connectivity index (χ0) is 14.3. The van der Waals surface area contributed by atoms with E-state index in [1.807, 2.05) is 6.07 Å². The summed E-state index contributed by atoms with van der Waals surface area (Å²) in [7, 11) is -3.62. The average Bonchev–Trinajstić information content (AvgIpc) is 2.85. The number of nitrogens with one attached hydrogen (secondary N) is 1. The number of hydrogen-bond donors (Lipinski definition) is 2. The third kappa shape index (κ3) is 2.14. The van der Waals surface area contributed by atoms with Gasteiger partial charge in [-0.1, -0.05) is 0 Å². The van der Waals surface area contributed by atoms with Crippen LogP contribution in [0.25, 0.3) is 0 Å². The first-order valence-corrected chi connectivity index (χ1v) is 8.48. The quantitative estimate of drug-likeness (QED) is 0.822. The summed E-state index contributed by atoms with van der Waals surface area (Å²) in [5.41, 5.74) is 6.96. The predicted octanol–water partition coefficient (Wildman–Crippen LogP) is 1.60. The van der Waals surface area contributed by atoms with Gasteiger partial charge in [-0.25, -0.2) is 4.98 Å². The van der Waals surface area contributed by atoms with Gasteiger partial charge in [0.25, 0.3) is 10.0 Å². The summed E-state index contributed by atoms with van der Waals surface area (Å²) in [6, 6.07) is 5.33. The number of nitrogen functional groups attached to an aromatic ring is 1. The second-order valence-corrected chi connectivity index (χ2v) is 7.45. The molecule has 0 atom stereocenters. The first-order chi connectivity index (χ1) is 9.48. The molecule has 0 radical (unpaired) electrons. The number of rotatable bonds is 2. The van der Waals surface area contributed by atoms with Crippen LogP contribution in [0.5, 0.6) is 0 Å². The van der Waals surface area contributed by atoms with E-state index in [-0.39, 0.29) is 5.03 Å². The van der Waals surface area contributed by atoms with Gasteiger partial charge in [-0.15, -0.1) is 11.8 Å². The molecule has 0 saturated carbocycles. The lowest BCUT2D eigenvalue weighted by Crippen LogP contribution is -2.35. The number of imidazole rings is 1. The number of nitrogens with two attached hydrogens (primary N) is 1. The Kier molecular flexibility index (Phi) is 3.14. The highest BCUT2D eigenvalue weighted by molar-refractivity contribution is 8.00. The Morgan fingerprint density at radius 2 is 2.25 bits per heavy atom. The van der Waals surface area contributed by atoms with Crippen molar-refractivity contribution < 1.29 is 8.42 Å². The second kappa shape index (κ2) is 4.71. The van der Waals surface area contributed by atoms with E-state index in [1.165, 1.54) is 10.5 Å². The highest BCUT2D eigenvalue weighted by atomic mass is 32.2. The number of fused-ring (bicyclic) bond motifs is 1. The minimum Gasteiger partial charge on any atom is -0.399 e. The van der Waals surface area contributed by atoms with E-state index in [1.54, 1.807) is 30.8 Å². The van der Waals surface area contributed by atoms with Crippen LogP contribution in [0, 0.1) is 6.92 Å². The number of H-pyrrole nitrogens is 1.